The number of nitrogens with two attached hydrogens (primary N) is 1. The van der Waals surface area contributed by atoms with E-state index in [2.05, 4.69) is 19.9 Å². The van der Waals surface area contributed by atoms with Crippen LogP contribution < -0.4 is 5.73 Å². The average molecular weight is 467 g/mol. The van der Waals surface area contributed by atoms with Crippen molar-refractivity contribution in [3.63, 3.8) is 0 Å². The lowest BCUT2D eigenvalue weighted by atomic mass is 10.2. The van der Waals surface area contributed by atoms with Crippen molar-refractivity contribution in [2.45, 2.75) is 11.1 Å². The molecule has 0 amide bonds. The van der Waals surface area contributed by atoms with Crippen molar-refractivity contribution in [2.75, 3.05) is 19.9 Å². The number of carbonyl (C=O) groups excluding carboxylic acids is 1. The summed E-state index contributed by atoms with van der Waals surface area (Å²) >= 11 is 5.73. The fourth-order valence-corrected chi connectivity index (χ4v) is 2.91. The van der Waals surface area contributed by atoms with E-state index in [0.29, 0.717) is 0 Å². The van der Waals surface area contributed by atoms with E-state index in [1.807, 2.05) is 0 Å². The SMILES string of the molecule is COC(=O)CN=C(C(Cl)=C(N)C(F)(F)F)c1noc(-c2cccc(S(C)(=O)=O)c2)n1. The largest absolute Gasteiger partial charge is 0.468 e. The van der Waals surface area contributed by atoms with Crippen LogP contribution in [0, 0.1) is 0 Å². The molecular weight excluding hydrogens is 453 g/mol. The number of alkyl halides is 3. The number of aromatic nitrogens is 2. The molecule has 0 atom stereocenters. The molecule has 0 aliphatic heterocycles. The predicted octanol–water partition coefficient (Wildman–Crippen LogP) is 2.07. The summed E-state index contributed by atoms with van der Waals surface area (Å²) < 4.78 is 71.6. The Morgan fingerprint density at radius 3 is 2.60 bits per heavy atom. The Kier molecular flexibility index (Phi) is 6.87. The Bertz CT molecular complexity index is 1130. The van der Waals surface area contributed by atoms with E-state index in [9.17, 15) is 26.4 Å². The molecule has 2 N–H and O–H groups in total. The number of hydrogen-bond acceptors (Lipinski definition) is 9. The number of benzene rings is 1. The van der Waals surface area contributed by atoms with Crippen LogP contribution in [0.15, 0.2) is 49.4 Å². The summed E-state index contributed by atoms with van der Waals surface area (Å²) in [5.41, 5.74) is 2.86. The van der Waals surface area contributed by atoms with Crippen LogP contribution >= 0.6 is 11.6 Å². The molecule has 9 nitrogen and oxygen atoms in total. The number of aliphatic imine (C=N–C) groups is 1. The van der Waals surface area contributed by atoms with Crippen molar-refractivity contribution in [3.8, 4) is 11.5 Å². The van der Waals surface area contributed by atoms with Crippen molar-refractivity contribution < 1.29 is 35.6 Å². The van der Waals surface area contributed by atoms with Crippen LogP contribution in [0.25, 0.3) is 11.5 Å². The van der Waals surface area contributed by atoms with Gasteiger partial charge >= 0.3 is 12.1 Å². The van der Waals surface area contributed by atoms with Crippen LogP contribution in [0.1, 0.15) is 5.82 Å². The number of rotatable bonds is 6. The molecule has 1 aromatic heterocycles. The number of sulfone groups is 1. The van der Waals surface area contributed by atoms with Gasteiger partial charge in [-0.15, -0.1) is 0 Å². The molecule has 0 aliphatic rings. The predicted molar refractivity (Wildman–Crippen MR) is 99.4 cm³/mol. The number of carbonyl (C=O) groups is 1. The first-order valence-corrected chi connectivity index (χ1v) is 10.1. The van der Waals surface area contributed by atoms with Gasteiger partial charge in [0, 0.05) is 11.8 Å². The van der Waals surface area contributed by atoms with Crippen molar-refractivity contribution in [2.24, 2.45) is 10.7 Å². The van der Waals surface area contributed by atoms with Gasteiger partial charge in [0.05, 0.1) is 17.0 Å². The summed E-state index contributed by atoms with van der Waals surface area (Å²) in [5.74, 6) is -1.60. The molecule has 14 heteroatoms. The Morgan fingerprint density at radius 1 is 1.37 bits per heavy atom. The van der Waals surface area contributed by atoms with Crippen LogP contribution in [0.4, 0.5) is 13.2 Å². The minimum absolute atomic E-state index is 0.0430. The van der Waals surface area contributed by atoms with Gasteiger partial charge in [0.2, 0.25) is 5.82 Å². The fourth-order valence-electron chi connectivity index (χ4n) is 2.00. The highest BCUT2D eigenvalue weighted by Crippen LogP contribution is 2.28. The Hall–Kier alpha value is -2.93. The van der Waals surface area contributed by atoms with Crippen LogP contribution in [0.3, 0.4) is 0 Å². The first-order chi connectivity index (χ1) is 13.8. The summed E-state index contributed by atoms with van der Waals surface area (Å²) in [4.78, 5) is 18.8. The highest BCUT2D eigenvalue weighted by Gasteiger charge is 2.36. The second-order valence-electron chi connectivity index (χ2n) is 5.69. The summed E-state index contributed by atoms with van der Waals surface area (Å²) in [7, 11) is -2.48. The summed E-state index contributed by atoms with van der Waals surface area (Å²) in [5, 5.41) is 2.46. The number of ether oxygens (including phenoxy) is 1. The molecule has 0 spiro atoms. The summed E-state index contributed by atoms with van der Waals surface area (Å²) in [6, 6.07) is 5.43. The molecule has 30 heavy (non-hydrogen) atoms. The number of methoxy groups -OCH3 is 1. The van der Waals surface area contributed by atoms with Crippen LogP contribution in [0.2, 0.25) is 0 Å². The van der Waals surface area contributed by atoms with E-state index >= 15 is 0 Å². The topological polar surface area (TPSA) is 138 Å². The monoisotopic (exact) mass is 466 g/mol. The maximum Gasteiger partial charge on any atom is 0.432 e. The van der Waals surface area contributed by atoms with E-state index in [-0.39, 0.29) is 16.3 Å². The summed E-state index contributed by atoms with van der Waals surface area (Å²) in [6.45, 7) is -0.694. The van der Waals surface area contributed by atoms with Crippen molar-refractivity contribution in [1.82, 2.24) is 10.1 Å². The third kappa shape index (κ3) is 5.57. The van der Waals surface area contributed by atoms with Crippen molar-refractivity contribution in [1.29, 1.82) is 0 Å². The van der Waals surface area contributed by atoms with Crippen molar-refractivity contribution >= 4 is 33.1 Å². The molecule has 0 unspecified atom stereocenters. The Morgan fingerprint density at radius 2 is 2.03 bits per heavy atom. The first-order valence-electron chi connectivity index (χ1n) is 7.83. The van der Waals surface area contributed by atoms with Gasteiger partial charge in [-0.2, -0.15) is 18.2 Å². The molecule has 0 saturated carbocycles. The molecule has 2 aromatic rings. The Balaban J connectivity index is 2.55. The standard InChI is InChI=1S/C16H14ClF3N4O5S/c1-28-10(25)7-22-12(11(17)13(21)16(18,19)20)14-23-15(29-24-14)8-4-3-5-9(6-8)30(2,26)27/h3-6H,7,21H2,1-2H3. The van der Waals surface area contributed by atoms with Crippen LogP contribution in [-0.2, 0) is 19.4 Å². The zero-order valence-corrected chi connectivity index (χ0v) is 17.0. The van der Waals surface area contributed by atoms with Gasteiger partial charge in [0.25, 0.3) is 5.89 Å². The lowest BCUT2D eigenvalue weighted by Crippen LogP contribution is -2.24. The third-order valence-corrected chi connectivity index (χ3v) is 4.98. The first kappa shape index (κ1) is 23.3. The molecule has 162 valence electrons. The van der Waals surface area contributed by atoms with Gasteiger partial charge in [-0.1, -0.05) is 22.8 Å². The van der Waals surface area contributed by atoms with Crippen LogP contribution in [-0.4, -0.2) is 56.3 Å². The fraction of sp³-hybridized carbons (Fsp3) is 0.250. The molecule has 1 heterocycles. The smallest absolute Gasteiger partial charge is 0.432 e. The zero-order chi connectivity index (χ0) is 22.7. The van der Waals surface area contributed by atoms with E-state index in [0.717, 1.165) is 13.4 Å². The second kappa shape index (κ2) is 8.83. The second-order valence-corrected chi connectivity index (χ2v) is 8.08. The molecule has 0 radical (unpaired) electrons. The Labute approximate surface area is 173 Å². The molecule has 0 fully saturated rings. The lowest BCUT2D eigenvalue weighted by molar-refractivity contribution is -0.138. The number of nitrogens with zero attached hydrogens (tertiary/aromatic N) is 3. The van der Waals surface area contributed by atoms with Gasteiger partial charge in [-0.05, 0) is 18.2 Å². The number of halogens is 4. The highest BCUT2D eigenvalue weighted by molar-refractivity contribution is 7.90. The number of allylic oxidation sites excluding steroid dienone is 2. The van der Waals surface area contributed by atoms with Crippen LogP contribution in [0.5, 0.6) is 0 Å². The lowest BCUT2D eigenvalue weighted by Gasteiger charge is -2.09. The zero-order valence-electron chi connectivity index (χ0n) is 15.4. The summed E-state index contributed by atoms with van der Waals surface area (Å²) in [6.07, 6.45) is -3.99. The van der Waals surface area contributed by atoms with Crippen molar-refractivity contribution in [3.05, 3.63) is 40.8 Å². The normalized spacial score (nSPS) is 13.7. The van der Waals surface area contributed by atoms with E-state index < -0.39 is 50.8 Å². The quantitative estimate of drug-likeness (QED) is 0.504. The molecule has 0 bridgehead atoms. The third-order valence-electron chi connectivity index (χ3n) is 3.49. The highest BCUT2D eigenvalue weighted by atomic mass is 35.5. The molecule has 1 aromatic carbocycles. The maximum absolute atomic E-state index is 12.9. The average Bonchev–Trinajstić information content (AvgIpc) is 3.15. The minimum atomic E-state index is -4.99. The number of esters is 1. The molecular formula is C16H14ClF3N4O5S. The van der Waals surface area contributed by atoms with E-state index in [1.165, 1.54) is 24.3 Å². The van der Waals surface area contributed by atoms with Gasteiger partial charge in [-0.3, -0.25) is 9.79 Å². The van der Waals surface area contributed by atoms with Gasteiger partial charge in [-0.25, -0.2) is 8.42 Å². The molecule has 2 rings (SSSR count). The minimum Gasteiger partial charge on any atom is -0.468 e. The maximum atomic E-state index is 12.9. The molecule has 0 saturated heterocycles. The van der Waals surface area contributed by atoms with E-state index in [4.69, 9.17) is 21.9 Å². The van der Waals surface area contributed by atoms with Gasteiger partial charge in [0.15, 0.2) is 9.84 Å². The van der Waals surface area contributed by atoms with E-state index in [1.54, 1.807) is 0 Å². The van der Waals surface area contributed by atoms with Gasteiger partial charge in [0.1, 0.15) is 18.0 Å². The molecule has 0 aliphatic carbocycles. The number of hydrogen-bond donors (Lipinski definition) is 1. The van der Waals surface area contributed by atoms with Gasteiger partial charge < -0.3 is 15.0 Å².